The van der Waals surface area contributed by atoms with Gasteiger partial charge in [0.25, 0.3) is 0 Å². The number of hydrogen-bond acceptors (Lipinski definition) is 7. The lowest BCUT2D eigenvalue weighted by Crippen LogP contribution is -2.35. The molecule has 0 saturated carbocycles. The molecule has 0 saturated heterocycles. The second kappa shape index (κ2) is 10.2. The summed E-state index contributed by atoms with van der Waals surface area (Å²) in [5, 5.41) is 15.8. The largest absolute Gasteiger partial charge is 0.493 e. The second-order valence-electron chi connectivity index (χ2n) is 6.97. The monoisotopic (exact) mass is 469 g/mol. The molecule has 0 fully saturated rings. The van der Waals surface area contributed by atoms with Gasteiger partial charge in [-0.1, -0.05) is 12.1 Å². The first-order valence-corrected chi connectivity index (χ1v) is 11.2. The Labute approximate surface area is 192 Å². The molecule has 1 heterocycles. The van der Waals surface area contributed by atoms with E-state index in [1.165, 1.54) is 44.6 Å². The van der Waals surface area contributed by atoms with Crippen molar-refractivity contribution in [3.8, 4) is 17.6 Å². The Bertz CT molecular complexity index is 1280. The number of methoxy groups -OCH3 is 2. The van der Waals surface area contributed by atoms with E-state index in [2.05, 4.69) is 10.4 Å². The number of rotatable bonds is 9. The molecule has 33 heavy (non-hydrogen) atoms. The molecule has 0 spiro atoms. The van der Waals surface area contributed by atoms with Gasteiger partial charge >= 0.3 is 0 Å². The van der Waals surface area contributed by atoms with E-state index in [0.29, 0.717) is 29.4 Å². The molecule has 0 bridgehead atoms. The van der Waals surface area contributed by atoms with Crippen molar-refractivity contribution in [3.05, 3.63) is 65.9 Å². The predicted molar refractivity (Wildman–Crippen MR) is 120 cm³/mol. The number of carbonyl (C=O) groups excluding carboxylic acids is 1. The Kier molecular flexibility index (Phi) is 7.32. The van der Waals surface area contributed by atoms with E-state index in [-0.39, 0.29) is 4.90 Å². The Morgan fingerprint density at radius 3 is 2.52 bits per heavy atom. The molecule has 0 aliphatic carbocycles. The van der Waals surface area contributed by atoms with Gasteiger partial charge in [0, 0.05) is 18.7 Å². The topological polar surface area (TPSA) is 127 Å². The molecule has 0 atom stereocenters. The molecule has 1 N–H and O–H groups in total. The number of likely N-dealkylation sites (N-methyl/N-ethyl adjacent to an activating group) is 1. The summed E-state index contributed by atoms with van der Waals surface area (Å²) in [7, 11) is 0.492. The fourth-order valence-corrected chi connectivity index (χ4v) is 4.28. The van der Waals surface area contributed by atoms with Crippen LogP contribution in [0, 0.1) is 11.3 Å². The van der Waals surface area contributed by atoms with Crippen molar-refractivity contribution in [1.82, 2.24) is 14.1 Å². The number of sulfonamides is 1. The summed E-state index contributed by atoms with van der Waals surface area (Å²) in [5.41, 5.74) is 1.13. The molecule has 0 radical (unpaired) electrons. The van der Waals surface area contributed by atoms with Gasteiger partial charge in [-0.3, -0.25) is 4.79 Å². The predicted octanol–water partition coefficient (Wildman–Crippen LogP) is 2.08. The average molecular weight is 470 g/mol. The van der Waals surface area contributed by atoms with Crippen molar-refractivity contribution < 1.29 is 22.7 Å². The molecule has 0 unspecified atom stereocenters. The maximum atomic E-state index is 12.7. The Hall–Kier alpha value is -3.88. The average Bonchev–Trinajstić information content (AvgIpc) is 3.24. The summed E-state index contributed by atoms with van der Waals surface area (Å²) in [4.78, 5) is 12.6. The van der Waals surface area contributed by atoms with Gasteiger partial charge < -0.3 is 14.8 Å². The van der Waals surface area contributed by atoms with E-state index in [0.717, 1.165) is 9.87 Å². The Morgan fingerprint density at radius 1 is 1.15 bits per heavy atom. The smallest absolute Gasteiger partial charge is 0.243 e. The molecule has 172 valence electrons. The molecule has 1 aromatic heterocycles. The first-order chi connectivity index (χ1) is 15.8. The molecule has 0 aliphatic rings. The first-order valence-electron chi connectivity index (χ1n) is 9.78. The minimum atomic E-state index is -3.90. The summed E-state index contributed by atoms with van der Waals surface area (Å²) < 4.78 is 38.7. The number of benzene rings is 2. The standard InChI is InChI=1S/C22H23N5O5S/c1-26(33(29,30)18-9-7-16(13-23)8-10-18)15-21(28)25-20-11-12-24-27(20)14-17-5-4-6-19(31-2)22(17)32-3/h4-12H,14-15H2,1-3H3,(H,25,28). The third-order valence-corrected chi connectivity index (χ3v) is 6.66. The number of aromatic nitrogens is 2. The maximum Gasteiger partial charge on any atom is 0.243 e. The quantitative estimate of drug-likeness (QED) is 0.508. The number of para-hydroxylation sites is 1. The van der Waals surface area contributed by atoms with Gasteiger partial charge in [-0.25, -0.2) is 13.1 Å². The van der Waals surface area contributed by atoms with Crippen molar-refractivity contribution in [1.29, 1.82) is 5.26 Å². The van der Waals surface area contributed by atoms with Crippen molar-refractivity contribution in [3.63, 3.8) is 0 Å². The van der Waals surface area contributed by atoms with Crippen molar-refractivity contribution in [2.45, 2.75) is 11.4 Å². The van der Waals surface area contributed by atoms with Gasteiger partial charge in [-0.15, -0.1) is 0 Å². The van der Waals surface area contributed by atoms with E-state index in [9.17, 15) is 13.2 Å². The lowest BCUT2D eigenvalue weighted by Gasteiger charge is -2.17. The van der Waals surface area contributed by atoms with Gasteiger partial charge in [0.15, 0.2) is 11.5 Å². The zero-order valence-corrected chi connectivity index (χ0v) is 19.2. The van der Waals surface area contributed by atoms with Gasteiger partial charge in [0.2, 0.25) is 15.9 Å². The van der Waals surface area contributed by atoms with Crippen LogP contribution in [0.25, 0.3) is 0 Å². The summed E-state index contributed by atoms with van der Waals surface area (Å²) in [6.45, 7) is -0.113. The normalized spacial score (nSPS) is 11.1. The number of anilines is 1. The fraction of sp³-hybridized carbons (Fsp3) is 0.227. The number of nitriles is 1. The molecular formula is C22H23N5O5S. The van der Waals surface area contributed by atoms with Crippen molar-refractivity contribution >= 4 is 21.7 Å². The molecular weight excluding hydrogens is 446 g/mol. The zero-order chi connectivity index (χ0) is 24.0. The van der Waals surface area contributed by atoms with Crippen molar-refractivity contribution in [2.75, 3.05) is 33.1 Å². The SMILES string of the molecule is COc1cccc(Cn2nccc2NC(=O)CN(C)S(=O)(=O)c2ccc(C#N)cc2)c1OC. The Morgan fingerprint density at radius 2 is 1.88 bits per heavy atom. The molecule has 11 heteroatoms. The highest BCUT2D eigenvalue weighted by molar-refractivity contribution is 7.89. The number of carbonyl (C=O) groups is 1. The van der Waals surface area contributed by atoms with E-state index in [1.807, 2.05) is 18.2 Å². The zero-order valence-electron chi connectivity index (χ0n) is 18.3. The van der Waals surface area contributed by atoms with Crippen LogP contribution < -0.4 is 14.8 Å². The number of nitrogens with one attached hydrogen (secondary N) is 1. The summed E-state index contributed by atoms with van der Waals surface area (Å²) >= 11 is 0. The molecule has 1 amide bonds. The van der Waals surface area contributed by atoms with Crippen LogP contribution in [0.2, 0.25) is 0 Å². The second-order valence-corrected chi connectivity index (χ2v) is 9.02. The number of amides is 1. The van der Waals surface area contributed by atoms with Crippen LogP contribution in [0.5, 0.6) is 11.5 Å². The summed E-state index contributed by atoms with van der Waals surface area (Å²) in [6.07, 6.45) is 1.53. The minimum absolute atomic E-state index is 0.00744. The molecule has 0 aliphatic heterocycles. The van der Waals surface area contributed by atoms with Crippen molar-refractivity contribution in [2.24, 2.45) is 0 Å². The van der Waals surface area contributed by atoms with Crippen LogP contribution in [0.4, 0.5) is 5.82 Å². The van der Waals surface area contributed by atoms with E-state index in [1.54, 1.807) is 23.9 Å². The lowest BCUT2D eigenvalue weighted by molar-refractivity contribution is -0.116. The minimum Gasteiger partial charge on any atom is -0.493 e. The maximum absolute atomic E-state index is 12.7. The molecule has 3 aromatic rings. The van der Waals surface area contributed by atoms with E-state index >= 15 is 0 Å². The lowest BCUT2D eigenvalue weighted by atomic mass is 10.2. The third-order valence-electron chi connectivity index (χ3n) is 4.85. The highest BCUT2D eigenvalue weighted by atomic mass is 32.2. The van der Waals surface area contributed by atoms with Crippen LogP contribution in [-0.2, 0) is 21.4 Å². The van der Waals surface area contributed by atoms with Gasteiger partial charge in [-0.05, 0) is 30.3 Å². The van der Waals surface area contributed by atoms with Crippen LogP contribution in [0.3, 0.4) is 0 Å². The number of hydrogen-bond donors (Lipinski definition) is 1. The van der Waals surface area contributed by atoms with E-state index < -0.39 is 22.5 Å². The number of ether oxygens (including phenoxy) is 2. The van der Waals surface area contributed by atoms with Crippen LogP contribution in [0.15, 0.2) is 59.6 Å². The van der Waals surface area contributed by atoms with Crippen LogP contribution in [0.1, 0.15) is 11.1 Å². The van der Waals surface area contributed by atoms with E-state index in [4.69, 9.17) is 14.7 Å². The molecule has 10 nitrogen and oxygen atoms in total. The fourth-order valence-electron chi connectivity index (χ4n) is 3.16. The summed E-state index contributed by atoms with van der Waals surface area (Å²) in [6, 6.07) is 14.5. The first kappa shape index (κ1) is 23.8. The van der Waals surface area contributed by atoms with Gasteiger partial charge in [0.1, 0.15) is 5.82 Å². The Balaban J connectivity index is 1.71. The van der Waals surface area contributed by atoms with Crippen LogP contribution >= 0.6 is 0 Å². The highest BCUT2D eigenvalue weighted by Gasteiger charge is 2.23. The van der Waals surface area contributed by atoms with Gasteiger partial charge in [-0.2, -0.15) is 14.7 Å². The summed E-state index contributed by atoms with van der Waals surface area (Å²) in [5.74, 6) is 0.992. The van der Waals surface area contributed by atoms with Gasteiger partial charge in [0.05, 0.1) is 50.0 Å². The molecule has 2 aromatic carbocycles. The highest BCUT2D eigenvalue weighted by Crippen LogP contribution is 2.31. The third kappa shape index (κ3) is 5.31. The number of nitrogens with zero attached hydrogens (tertiary/aromatic N) is 4. The molecule has 3 rings (SSSR count). The van der Waals surface area contributed by atoms with Crippen LogP contribution in [-0.4, -0.2) is 56.2 Å².